The van der Waals surface area contributed by atoms with Gasteiger partial charge in [0.1, 0.15) is 18.1 Å². The second kappa shape index (κ2) is 8.58. The molecule has 0 radical (unpaired) electrons. The summed E-state index contributed by atoms with van der Waals surface area (Å²) in [5.41, 5.74) is 1.83. The third-order valence-corrected chi connectivity index (χ3v) is 4.56. The van der Waals surface area contributed by atoms with Crippen molar-refractivity contribution in [3.63, 3.8) is 0 Å². The van der Waals surface area contributed by atoms with Crippen molar-refractivity contribution in [3.8, 4) is 11.5 Å². The number of carbonyl (C=O) groups is 2. The van der Waals surface area contributed by atoms with E-state index < -0.39 is 0 Å². The van der Waals surface area contributed by atoms with Crippen LogP contribution in [0.25, 0.3) is 0 Å². The number of hydrogen-bond donors (Lipinski definition) is 1. The monoisotopic (exact) mass is 368 g/mol. The molecule has 1 heterocycles. The molecule has 0 aromatic heterocycles. The molecule has 142 valence electrons. The highest BCUT2D eigenvalue weighted by molar-refractivity contribution is 5.97. The molecule has 6 nitrogen and oxygen atoms in total. The zero-order chi connectivity index (χ0) is 19.2. The fourth-order valence-electron chi connectivity index (χ4n) is 3.08. The minimum absolute atomic E-state index is 0.0160. The summed E-state index contributed by atoms with van der Waals surface area (Å²) in [5.74, 6) is 1.01. The van der Waals surface area contributed by atoms with E-state index in [-0.39, 0.29) is 24.2 Å². The van der Waals surface area contributed by atoms with Crippen LogP contribution in [-0.2, 0) is 9.59 Å². The molecular formula is C21H24N2O4. The average molecular weight is 368 g/mol. The van der Waals surface area contributed by atoms with Crippen molar-refractivity contribution in [3.05, 3.63) is 54.1 Å². The number of benzene rings is 2. The molecule has 0 aliphatic carbocycles. The minimum Gasteiger partial charge on any atom is -0.497 e. The van der Waals surface area contributed by atoms with Crippen LogP contribution in [0.5, 0.6) is 11.5 Å². The van der Waals surface area contributed by atoms with Gasteiger partial charge in [-0.1, -0.05) is 12.1 Å². The predicted octanol–water partition coefficient (Wildman–Crippen LogP) is 2.87. The number of hydrogen-bond acceptors (Lipinski definition) is 4. The van der Waals surface area contributed by atoms with Crippen LogP contribution in [0, 0.1) is 12.8 Å². The lowest BCUT2D eigenvalue weighted by atomic mass is 10.1. The van der Waals surface area contributed by atoms with Crippen LogP contribution >= 0.6 is 0 Å². The molecule has 1 saturated heterocycles. The maximum Gasteiger partial charge on any atom is 0.229 e. The second-order valence-electron chi connectivity index (χ2n) is 6.62. The van der Waals surface area contributed by atoms with Crippen LogP contribution < -0.4 is 14.8 Å². The van der Waals surface area contributed by atoms with E-state index in [0.717, 1.165) is 22.7 Å². The first-order valence-corrected chi connectivity index (χ1v) is 8.97. The number of likely N-dealkylation sites (tertiary alicyclic amines) is 1. The first kappa shape index (κ1) is 18.8. The molecule has 0 saturated carbocycles. The summed E-state index contributed by atoms with van der Waals surface area (Å²) >= 11 is 0. The topological polar surface area (TPSA) is 67.9 Å². The van der Waals surface area contributed by atoms with E-state index in [2.05, 4.69) is 5.32 Å². The van der Waals surface area contributed by atoms with Gasteiger partial charge in [-0.25, -0.2) is 0 Å². The van der Waals surface area contributed by atoms with Crippen LogP contribution in [0.3, 0.4) is 0 Å². The number of nitrogens with zero attached hydrogens (tertiary/aromatic N) is 1. The van der Waals surface area contributed by atoms with Gasteiger partial charge in [-0.05, 0) is 48.9 Å². The SMILES string of the molecule is COc1ccc(OCCN2CC(C(=O)Nc3cccc(C)c3)CC2=O)cc1. The van der Waals surface area contributed by atoms with Gasteiger partial charge in [-0.2, -0.15) is 0 Å². The van der Waals surface area contributed by atoms with Gasteiger partial charge in [0.15, 0.2) is 0 Å². The third-order valence-electron chi connectivity index (χ3n) is 4.56. The Balaban J connectivity index is 1.47. The standard InChI is InChI=1S/C21H24N2O4/c1-15-4-3-5-17(12-15)22-21(25)16-13-20(24)23(14-16)10-11-27-19-8-6-18(26-2)7-9-19/h3-9,12,16H,10-11,13-14H2,1-2H3,(H,22,25). The number of amides is 2. The Morgan fingerprint density at radius 3 is 2.63 bits per heavy atom. The number of nitrogens with one attached hydrogen (secondary N) is 1. The summed E-state index contributed by atoms with van der Waals surface area (Å²) in [6.07, 6.45) is 0.236. The van der Waals surface area contributed by atoms with E-state index in [0.29, 0.717) is 19.7 Å². The molecule has 1 atom stereocenters. The number of anilines is 1. The molecule has 3 rings (SSSR count). The Kier molecular flexibility index (Phi) is 5.96. The van der Waals surface area contributed by atoms with Crippen LogP contribution in [0.4, 0.5) is 5.69 Å². The maximum atomic E-state index is 12.4. The lowest BCUT2D eigenvalue weighted by Gasteiger charge is -2.17. The van der Waals surface area contributed by atoms with E-state index >= 15 is 0 Å². The summed E-state index contributed by atoms with van der Waals surface area (Å²) < 4.78 is 10.8. The van der Waals surface area contributed by atoms with Gasteiger partial charge in [0, 0.05) is 18.7 Å². The molecule has 27 heavy (non-hydrogen) atoms. The molecule has 2 aromatic rings. The molecule has 6 heteroatoms. The molecule has 1 aliphatic rings. The molecule has 2 amide bonds. The Morgan fingerprint density at radius 2 is 1.93 bits per heavy atom. The molecule has 1 fully saturated rings. The van der Waals surface area contributed by atoms with Crippen molar-refractivity contribution in [2.75, 3.05) is 32.1 Å². The van der Waals surface area contributed by atoms with Gasteiger partial charge in [0.25, 0.3) is 0 Å². The van der Waals surface area contributed by atoms with Gasteiger partial charge in [0.05, 0.1) is 19.6 Å². The van der Waals surface area contributed by atoms with Gasteiger partial charge in [0.2, 0.25) is 11.8 Å². The summed E-state index contributed by atoms with van der Waals surface area (Å²) in [6.45, 7) is 3.23. The van der Waals surface area contributed by atoms with Crippen LogP contribution in [-0.4, -0.2) is 43.5 Å². The molecule has 0 spiro atoms. The van der Waals surface area contributed by atoms with Crippen molar-refractivity contribution in [1.29, 1.82) is 0 Å². The summed E-state index contributed by atoms with van der Waals surface area (Å²) in [5, 5.41) is 2.90. The lowest BCUT2D eigenvalue weighted by Crippen LogP contribution is -2.31. The first-order valence-electron chi connectivity index (χ1n) is 8.97. The Labute approximate surface area is 159 Å². The smallest absolute Gasteiger partial charge is 0.229 e. The highest BCUT2D eigenvalue weighted by Crippen LogP contribution is 2.21. The van der Waals surface area contributed by atoms with Gasteiger partial charge >= 0.3 is 0 Å². The fraction of sp³-hybridized carbons (Fsp3) is 0.333. The number of ether oxygens (including phenoxy) is 2. The van der Waals surface area contributed by atoms with Crippen molar-refractivity contribution in [1.82, 2.24) is 4.90 Å². The molecule has 1 unspecified atom stereocenters. The summed E-state index contributed by atoms with van der Waals surface area (Å²) in [6, 6.07) is 14.9. The first-order chi connectivity index (χ1) is 13.0. The average Bonchev–Trinajstić information content (AvgIpc) is 3.03. The quantitative estimate of drug-likeness (QED) is 0.816. The Hall–Kier alpha value is -3.02. The lowest BCUT2D eigenvalue weighted by molar-refractivity contribution is -0.128. The van der Waals surface area contributed by atoms with E-state index in [9.17, 15) is 9.59 Å². The normalized spacial score (nSPS) is 16.3. The van der Waals surface area contributed by atoms with E-state index in [1.54, 1.807) is 12.0 Å². The molecular weight excluding hydrogens is 344 g/mol. The van der Waals surface area contributed by atoms with E-state index in [1.165, 1.54) is 0 Å². The van der Waals surface area contributed by atoms with E-state index in [4.69, 9.17) is 9.47 Å². The molecule has 0 bridgehead atoms. The predicted molar refractivity (Wildman–Crippen MR) is 103 cm³/mol. The minimum atomic E-state index is -0.334. The zero-order valence-corrected chi connectivity index (χ0v) is 15.6. The highest BCUT2D eigenvalue weighted by atomic mass is 16.5. The van der Waals surface area contributed by atoms with Gasteiger partial charge in [-0.3, -0.25) is 9.59 Å². The zero-order valence-electron chi connectivity index (χ0n) is 15.6. The van der Waals surface area contributed by atoms with Crippen LogP contribution in [0.1, 0.15) is 12.0 Å². The van der Waals surface area contributed by atoms with Crippen molar-refractivity contribution >= 4 is 17.5 Å². The van der Waals surface area contributed by atoms with Gasteiger partial charge in [-0.15, -0.1) is 0 Å². The largest absolute Gasteiger partial charge is 0.497 e. The molecule has 2 aromatic carbocycles. The number of methoxy groups -OCH3 is 1. The van der Waals surface area contributed by atoms with Gasteiger partial charge < -0.3 is 19.7 Å². The van der Waals surface area contributed by atoms with Crippen molar-refractivity contribution < 1.29 is 19.1 Å². The number of aryl methyl sites for hydroxylation is 1. The number of carbonyl (C=O) groups excluding carboxylic acids is 2. The summed E-state index contributed by atoms with van der Waals surface area (Å²) in [7, 11) is 1.61. The second-order valence-corrected chi connectivity index (χ2v) is 6.62. The maximum absolute atomic E-state index is 12.4. The fourth-order valence-corrected chi connectivity index (χ4v) is 3.08. The van der Waals surface area contributed by atoms with Crippen molar-refractivity contribution in [2.45, 2.75) is 13.3 Å². The van der Waals surface area contributed by atoms with Crippen molar-refractivity contribution in [2.24, 2.45) is 5.92 Å². The number of rotatable bonds is 7. The molecule has 1 N–H and O–H groups in total. The van der Waals surface area contributed by atoms with Crippen LogP contribution in [0.2, 0.25) is 0 Å². The Morgan fingerprint density at radius 1 is 1.19 bits per heavy atom. The summed E-state index contributed by atoms with van der Waals surface area (Å²) in [4.78, 5) is 26.3. The highest BCUT2D eigenvalue weighted by Gasteiger charge is 2.34. The Bertz CT molecular complexity index is 804. The molecule has 1 aliphatic heterocycles. The third kappa shape index (κ3) is 5.00. The van der Waals surface area contributed by atoms with E-state index in [1.807, 2.05) is 55.5 Å². The van der Waals surface area contributed by atoms with Crippen LogP contribution in [0.15, 0.2) is 48.5 Å².